The van der Waals surface area contributed by atoms with E-state index in [0.29, 0.717) is 26.9 Å². The molecule has 0 aliphatic carbocycles. The molecule has 1 aliphatic heterocycles. The molecule has 1 atom stereocenters. The van der Waals surface area contributed by atoms with Gasteiger partial charge in [-0.25, -0.2) is 4.79 Å². The molecule has 0 spiro atoms. The molecule has 1 aromatic carbocycles. The van der Waals surface area contributed by atoms with Crippen molar-refractivity contribution in [2.45, 2.75) is 26.3 Å². The number of amides is 1. The van der Waals surface area contributed by atoms with Gasteiger partial charge in [-0.15, -0.1) is 0 Å². The van der Waals surface area contributed by atoms with Crippen LogP contribution in [0.4, 0.5) is 0 Å². The third-order valence-electron chi connectivity index (χ3n) is 3.36. The Labute approximate surface area is 159 Å². The van der Waals surface area contributed by atoms with Crippen LogP contribution in [0.1, 0.15) is 25.8 Å². The van der Waals surface area contributed by atoms with Crippen LogP contribution in [0, 0.1) is 5.92 Å². The molecule has 1 saturated heterocycles. The molecule has 1 fully saturated rings. The van der Waals surface area contributed by atoms with E-state index < -0.39 is 17.9 Å². The minimum absolute atomic E-state index is 0.116. The van der Waals surface area contributed by atoms with Gasteiger partial charge in [-0.05, 0) is 36.1 Å². The number of rotatable bonds is 5. The second-order valence-electron chi connectivity index (χ2n) is 5.70. The van der Waals surface area contributed by atoms with Crippen molar-refractivity contribution in [2.75, 3.05) is 0 Å². The number of carboxylic acid groups (broad SMARTS) is 1. The van der Waals surface area contributed by atoms with E-state index in [9.17, 15) is 14.7 Å². The molecule has 0 radical (unpaired) electrons. The molecule has 8 heteroatoms. The van der Waals surface area contributed by atoms with Gasteiger partial charge in [0.05, 0.1) is 4.91 Å². The van der Waals surface area contributed by atoms with Crippen LogP contribution in [0.3, 0.4) is 0 Å². The van der Waals surface area contributed by atoms with Gasteiger partial charge in [0.25, 0.3) is 5.91 Å². The highest BCUT2D eigenvalue weighted by Gasteiger charge is 2.40. The second-order valence-corrected chi connectivity index (χ2v) is 8.22. The molecular formula is C16H15Cl2NO3S2. The fourth-order valence-corrected chi connectivity index (χ4v) is 4.08. The van der Waals surface area contributed by atoms with Crippen molar-refractivity contribution >= 4 is 69.5 Å². The maximum atomic E-state index is 12.6. The van der Waals surface area contributed by atoms with Crippen LogP contribution in [-0.2, 0) is 9.59 Å². The molecule has 1 N–H and O–H groups in total. The summed E-state index contributed by atoms with van der Waals surface area (Å²) in [4.78, 5) is 25.7. The number of nitrogens with zero attached hydrogens (tertiary/aromatic N) is 1. The minimum atomic E-state index is -1.06. The van der Waals surface area contributed by atoms with Crippen molar-refractivity contribution in [3.05, 3.63) is 38.7 Å². The lowest BCUT2D eigenvalue weighted by Crippen LogP contribution is -2.44. The van der Waals surface area contributed by atoms with Gasteiger partial charge in [0.15, 0.2) is 0 Å². The van der Waals surface area contributed by atoms with Gasteiger partial charge in [0, 0.05) is 10.0 Å². The number of carboxylic acids is 1. The first-order chi connectivity index (χ1) is 11.2. The molecule has 1 aromatic rings. The first kappa shape index (κ1) is 19.2. The second kappa shape index (κ2) is 7.87. The van der Waals surface area contributed by atoms with Gasteiger partial charge in [-0.3, -0.25) is 9.69 Å². The van der Waals surface area contributed by atoms with E-state index in [-0.39, 0.29) is 10.2 Å². The molecule has 1 amide bonds. The quantitative estimate of drug-likeness (QED) is 0.570. The van der Waals surface area contributed by atoms with E-state index in [1.165, 1.54) is 4.90 Å². The van der Waals surface area contributed by atoms with Crippen molar-refractivity contribution in [3.63, 3.8) is 0 Å². The number of halogens is 2. The van der Waals surface area contributed by atoms with Crippen LogP contribution in [0.15, 0.2) is 23.1 Å². The highest BCUT2D eigenvalue weighted by Crippen LogP contribution is 2.36. The van der Waals surface area contributed by atoms with Crippen molar-refractivity contribution in [1.82, 2.24) is 4.90 Å². The minimum Gasteiger partial charge on any atom is -0.480 e. The van der Waals surface area contributed by atoms with E-state index in [1.54, 1.807) is 24.3 Å². The zero-order chi connectivity index (χ0) is 18.0. The molecule has 4 nitrogen and oxygen atoms in total. The van der Waals surface area contributed by atoms with E-state index in [4.69, 9.17) is 35.4 Å². The van der Waals surface area contributed by atoms with E-state index in [2.05, 4.69) is 0 Å². The van der Waals surface area contributed by atoms with Crippen LogP contribution >= 0.6 is 47.2 Å². The summed E-state index contributed by atoms with van der Waals surface area (Å²) in [5.41, 5.74) is 0.623. The lowest BCUT2D eigenvalue weighted by atomic mass is 10.0. The smallest absolute Gasteiger partial charge is 0.326 e. The number of aliphatic carboxylic acids is 1. The van der Waals surface area contributed by atoms with Crippen LogP contribution < -0.4 is 0 Å². The third-order valence-corrected chi connectivity index (χ3v) is 5.26. The maximum absolute atomic E-state index is 12.6. The number of thioether (sulfide) groups is 1. The van der Waals surface area contributed by atoms with Gasteiger partial charge in [-0.1, -0.05) is 67.1 Å². The van der Waals surface area contributed by atoms with Crippen LogP contribution in [0.2, 0.25) is 10.0 Å². The number of benzene rings is 1. The summed E-state index contributed by atoms with van der Waals surface area (Å²) in [7, 11) is 0. The molecular weight excluding hydrogens is 389 g/mol. The predicted octanol–water partition coefficient (Wildman–Crippen LogP) is 4.69. The first-order valence-electron chi connectivity index (χ1n) is 7.15. The molecule has 24 heavy (non-hydrogen) atoms. The van der Waals surface area contributed by atoms with E-state index in [0.717, 1.165) is 11.8 Å². The predicted molar refractivity (Wildman–Crippen MR) is 102 cm³/mol. The van der Waals surface area contributed by atoms with Gasteiger partial charge in [0.2, 0.25) is 0 Å². The Morgan fingerprint density at radius 1 is 1.42 bits per heavy atom. The average Bonchev–Trinajstić information content (AvgIpc) is 2.74. The zero-order valence-corrected chi connectivity index (χ0v) is 16.1. The van der Waals surface area contributed by atoms with Crippen molar-refractivity contribution in [3.8, 4) is 0 Å². The van der Waals surface area contributed by atoms with Crippen molar-refractivity contribution in [2.24, 2.45) is 5.92 Å². The summed E-state index contributed by atoms with van der Waals surface area (Å²) >= 11 is 18.3. The molecule has 1 aliphatic rings. The van der Waals surface area contributed by atoms with Gasteiger partial charge >= 0.3 is 5.97 Å². The largest absolute Gasteiger partial charge is 0.480 e. The van der Waals surface area contributed by atoms with Crippen molar-refractivity contribution < 1.29 is 14.7 Å². The zero-order valence-electron chi connectivity index (χ0n) is 13.0. The molecule has 0 bridgehead atoms. The van der Waals surface area contributed by atoms with Crippen LogP contribution in [-0.4, -0.2) is 32.2 Å². The summed E-state index contributed by atoms with van der Waals surface area (Å²) in [5.74, 6) is -1.36. The third kappa shape index (κ3) is 4.30. The van der Waals surface area contributed by atoms with Gasteiger partial charge in [0.1, 0.15) is 10.4 Å². The monoisotopic (exact) mass is 403 g/mol. The molecule has 1 heterocycles. The molecule has 128 valence electrons. The van der Waals surface area contributed by atoms with Crippen LogP contribution in [0.25, 0.3) is 6.08 Å². The number of hydrogen-bond acceptors (Lipinski definition) is 4. The Balaban J connectivity index is 2.33. The topological polar surface area (TPSA) is 57.6 Å². The Bertz CT molecular complexity index is 734. The molecule has 0 aromatic heterocycles. The van der Waals surface area contributed by atoms with E-state index in [1.807, 2.05) is 13.8 Å². The van der Waals surface area contributed by atoms with Crippen LogP contribution in [0.5, 0.6) is 0 Å². The summed E-state index contributed by atoms with van der Waals surface area (Å²) in [5, 5.41) is 10.4. The number of carbonyl (C=O) groups is 2. The van der Waals surface area contributed by atoms with Gasteiger partial charge < -0.3 is 5.11 Å². The summed E-state index contributed by atoms with van der Waals surface area (Å²) in [6.07, 6.45) is 1.93. The SMILES string of the molecule is CC(C)C[C@H](C(=O)O)N1C(=O)/C(=C\c2ccc(Cl)cc2Cl)SC1=S. The Hall–Kier alpha value is -1.08. The standard InChI is InChI=1S/C16H15Cl2NO3S2/c1-8(2)5-12(15(21)22)19-14(20)13(24-16(19)23)6-9-3-4-10(17)7-11(9)18/h3-4,6-8,12H,5H2,1-2H3,(H,21,22)/b13-6+/t12-/m1/s1. The van der Waals surface area contributed by atoms with E-state index >= 15 is 0 Å². The Kier molecular flexibility index (Phi) is 6.31. The lowest BCUT2D eigenvalue weighted by molar-refractivity contribution is -0.145. The van der Waals surface area contributed by atoms with Gasteiger partial charge in [-0.2, -0.15) is 0 Å². The first-order valence-corrected chi connectivity index (χ1v) is 9.13. The number of thiocarbonyl (C=S) groups is 1. The number of hydrogen-bond donors (Lipinski definition) is 1. The Morgan fingerprint density at radius 3 is 2.62 bits per heavy atom. The maximum Gasteiger partial charge on any atom is 0.326 e. The lowest BCUT2D eigenvalue weighted by Gasteiger charge is -2.24. The average molecular weight is 404 g/mol. The summed E-state index contributed by atoms with van der Waals surface area (Å²) in [6, 6.07) is 3.97. The number of carbonyl (C=O) groups excluding carboxylic acids is 1. The molecule has 0 unspecified atom stereocenters. The Morgan fingerprint density at radius 2 is 2.08 bits per heavy atom. The molecule has 2 rings (SSSR count). The van der Waals surface area contributed by atoms with Crippen molar-refractivity contribution in [1.29, 1.82) is 0 Å². The molecule has 0 saturated carbocycles. The summed E-state index contributed by atoms with van der Waals surface area (Å²) < 4.78 is 0.240. The summed E-state index contributed by atoms with van der Waals surface area (Å²) in [6.45, 7) is 3.80. The highest BCUT2D eigenvalue weighted by molar-refractivity contribution is 8.26. The fourth-order valence-electron chi connectivity index (χ4n) is 2.27. The normalized spacial score (nSPS) is 17.9. The fraction of sp³-hybridized carbons (Fsp3) is 0.312. The highest BCUT2D eigenvalue weighted by atomic mass is 35.5.